The zero-order valence-corrected chi connectivity index (χ0v) is 10.5. The molecule has 1 amide bonds. The molecule has 0 aliphatic rings. The van der Waals surface area contributed by atoms with Crippen molar-refractivity contribution >= 4 is 24.2 Å². The standard InChI is InChI=1S/C14H14BNO3/c1-10-2-8-13(9-3-10)16-14(17)11-4-6-12(7-5-11)15(18)19/h2-9,18-19H,1H3,(H,16,17). The molecule has 0 unspecified atom stereocenters. The van der Waals surface area contributed by atoms with Crippen molar-refractivity contribution in [3.05, 3.63) is 59.7 Å². The van der Waals surface area contributed by atoms with E-state index in [-0.39, 0.29) is 5.91 Å². The van der Waals surface area contributed by atoms with Crippen molar-refractivity contribution in [2.45, 2.75) is 6.92 Å². The molecule has 96 valence electrons. The zero-order chi connectivity index (χ0) is 13.8. The second kappa shape index (κ2) is 5.69. The Morgan fingerprint density at radius 3 is 2.11 bits per heavy atom. The van der Waals surface area contributed by atoms with Crippen LogP contribution in [-0.4, -0.2) is 23.1 Å². The molecule has 0 heterocycles. The molecular formula is C14H14BNO3. The Morgan fingerprint density at radius 2 is 1.58 bits per heavy atom. The van der Waals surface area contributed by atoms with Crippen molar-refractivity contribution in [1.82, 2.24) is 0 Å². The first-order valence-corrected chi connectivity index (χ1v) is 5.90. The lowest BCUT2D eigenvalue weighted by molar-refractivity contribution is 0.102. The maximum Gasteiger partial charge on any atom is 0.488 e. The molecule has 0 atom stereocenters. The molecule has 3 N–H and O–H groups in total. The van der Waals surface area contributed by atoms with E-state index < -0.39 is 7.12 Å². The zero-order valence-electron chi connectivity index (χ0n) is 10.5. The van der Waals surface area contributed by atoms with Crippen molar-refractivity contribution in [2.24, 2.45) is 0 Å². The van der Waals surface area contributed by atoms with E-state index >= 15 is 0 Å². The first-order chi connectivity index (χ1) is 9.06. The number of aryl methyl sites for hydroxylation is 1. The van der Waals surface area contributed by atoms with Crippen LogP contribution in [0.1, 0.15) is 15.9 Å². The topological polar surface area (TPSA) is 69.6 Å². The number of rotatable bonds is 3. The number of nitrogens with one attached hydrogen (secondary N) is 1. The molecule has 0 aliphatic carbocycles. The van der Waals surface area contributed by atoms with Crippen LogP contribution < -0.4 is 10.8 Å². The SMILES string of the molecule is Cc1ccc(NC(=O)c2ccc(B(O)O)cc2)cc1. The van der Waals surface area contributed by atoms with Crippen LogP contribution in [0.25, 0.3) is 0 Å². The summed E-state index contributed by atoms with van der Waals surface area (Å²) in [4.78, 5) is 11.9. The van der Waals surface area contributed by atoms with E-state index in [4.69, 9.17) is 10.0 Å². The van der Waals surface area contributed by atoms with Gasteiger partial charge in [-0.3, -0.25) is 4.79 Å². The lowest BCUT2D eigenvalue weighted by Crippen LogP contribution is -2.29. The minimum Gasteiger partial charge on any atom is -0.423 e. The van der Waals surface area contributed by atoms with Gasteiger partial charge in [-0.05, 0) is 36.7 Å². The third-order valence-electron chi connectivity index (χ3n) is 2.78. The number of carbonyl (C=O) groups is 1. The summed E-state index contributed by atoms with van der Waals surface area (Å²) < 4.78 is 0. The van der Waals surface area contributed by atoms with E-state index in [0.29, 0.717) is 11.0 Å². The average molecular weight is 255 g/mol. The number of hydrogen-bond acceptors (Lipinski definition) is 3. The molecule has 2 rings (SSSR count). The maximum atomic E-state index is 11.9. The van der Waals surface area contributed by atoms with Crippen LogP contribution in [0.2, 0.25) is 0 Å². The molecule has 0 radical (unpaired) electrons. The van der Waals surface area contributed by atoms with Gasteiger partial charge in [0.1, 0.15) is 0 Å². The number of amides is 1. The molecule has 19 heavy (non-hydrogen) atoms. The quantitative estimate of drug-likeness (QED) is 0.714. The van der Waals surface area contributed by atoms with Crippen molar-refractivity contribution in [3.8, 4) is 0 Å². The van der Waals surface area contributed by atoms with E-state index in [9.17, 15) is 4.79 Å². The Bertz CT molecular complexity index is 564. The lowest BCUT2D eigenvalue weighted by atomic mass is 9.80. The average Bonchev–Trinajstić information content (AvgIpc) is 2.41. The van der Waals surface area contributed by atoms with Crippen molar-refractivity contribution in [2.75, 3.05) is 5.32 Å². The van der Waals surface area contributed by atoms with E-state index in [1.807, 2.05) is 31.2 Å². The fourth-order valence-electron chi connectivity index (χ4n) is 1.65. The molecule has 2 aromatic rings. The Hall–Kier alpha value is -2.11. The van der Waals surface area contributed by atoms with Gasteiger partial charge in [-0.25, -0.2) is 0 Å². The van der Waals surface area contributed by atoms with Crippen molar-refractivity contribution < 1.29 is 14.8 Å². The summed E-state index contributed by atoms with van der Waals surface area (Å²) in [6, 6.07) is 13.6. The van der Waals surface area contributed by atoms with Gasteiger partial charge in [-0.1, -0.05) is 29.8 Å². The molecule has 0 saturated carbocycles. The third kappa shape index (κ3) is 3.43. The first kappa shape index (κ1) is 13.3. The Balaban J connectivity index is 2.09. The second-order valence-corrected chi connectivity index (χ2v) is 4.32. The highest BCUT2D eigenvalue weighted by Crippen LogP contribution is 2.10. The van der Waals surface area contributed by atoms with E-state index in [1.165, 1.54) is 12.1 Å². The fraction of sp³-hybridized carbons (Fsp3) is 0.0714. The molecule has 0 saturated heterocycles. The van der Waals surface area contributed by atoms with Gasteiger partial charge < -0.3 is 15.4 Å². The minimum absolute atomic E-state index is 0.233. The van der Waals surface area contributed by atoms with E-state index in [1.54, 1.807) is 12.1 Å². The molecule has 0 spiro atoms. The summed E-state index contributed by atoms with van der Waals surface area (Å²) in [5.74, 6) is -0.233. The largest absolute Gasteiger partial charge is 0.488 e. The highest BCUT2D eigenvalue weighted by molar-refractivity contribution is 6.58. The normalized spacial score (nSPS) is 10.1. The summed E-state index contributed by atoms with van der Waals surface area (Å²) >= 11 is 0. The van der Waals surface area contributed by atoms with Gasteiger partial charge in [0.25, 0.3) is 5.91 Å². The second-order valence-electron chi connectivity index (χ2n) is 4.32. The van der Waals surface area contributed by atoms with Gasteiger partial charge in [0.15, 0.2) is 0 Å². The number of anilines is 1. The third-order valence-corrected chi connectivity index (χ3v) is 2.78. The van der Waals surface area contributed by atoms with Crippen LogP contribution in [-0.2, 0) is 0 Å². The van der Waals surface area contributed by atoms with Gasteiger partial charge in [-0.15, -0.1) is 0 Å². The summed E-state index contributed by atoms with van der Waals surface area (Å²) in [7, 11) is -1.52. The van der Waals surface area contributed by atoms with Gasteiger partial charge in [0.05, 0.1) is 0 Å². The predicted molar refractivity (Wildman–Crippen MR) is 75.4 cm³/mol. The summed E-state index contributed by atoms with van der Waals surface area (Å²) in [6.45, 7) is 1.98. The number of hydrogen-bond donors (Lipinski definition) is 3. The van der Waals surface area contributed by atoms with Gasteiger partial charge in [0, 0.05) is 11.3 Å². The Morgan fingerprint density at radius 1 is 1.00 bits per heavy atom. The van der Waals surface area contributed by atoms with Crippen LogP contribution in [0, 0.1) is 6.92 Å². The smallest absolute Gasteiger partial charge is 0.423 e. The fourth-order valence-corrected chi connectivity index (χ4v) is 1.65. The molecule has 0 fully saturated rings. The van der Waals surface area contributed by atoms with Gasteiger partial charge >= 0.3 is 7.12 Å². The monoisotopic (exact) mass is 255 g/mol. The Kier molecular flexibility index (Phi) is 3.99. The summed E-state index contributed by atoms with van der Waals surface area (Å²) in [5.41, 5.74) is 2.66. The molecular weight excluding hydrogens is 241 g/mol. The highest BCUT2D eigenvalue weighted by Gasteiger charge is 2.12. The maximum absolute atomic E-state index is 11.9. The summed E-state index contributed by atoms with van der Waals surface area (Å²) in [6.07, 6.45) is 0. The van der Waals surface area contributed by atoms with Crippen molar-refractivity contribution in [1.29, 1.82) is 0 Å². The van der Waals surface area contributed by atoms with Crippen LogP contribution in [0.4, 0.5) is 5.69 Å². The number of benzene rings is 2. The molecule has 0 aromatic heterocycles. The van der Waals surface area contributed by atoms with Gasteiger partial charge in [0.2, 0.25) is 0 Å². The lowest BCUT2D eigenvalue weighted by Gasteiger charge is -2.06. The first-order valence-electron chi connectivity index (χ1n) is 5.90. The number of carbonyl (C=O) groups excluding carboxylic acids is 1. The summed E-state index contributed by atoms with van der Waals surface area (Å²) in [5, 5.41) is 20.7. The van der Waals surface area contributed by atoms with Crippen molar-refractivity contribution in [3.63, 3.8) is 0 Å². The molecule has 4 nitrogen and oxygen atoms in total. The predicted octanol–water partition coefficient (Wildman–Crippen LogP) is 0.927. The van der Waals surface area contributed by atoms with Gasteiger partial charge in [-0.2, -0.15) is 0 Å². The molecule has 0 aliphatic heterocycles. The highest BCUT2D eigenvalue weighted by atomic mass is 16.4. The molecule has 2 aromatic carbocycles. The molecule has 0 bridgehead atoms. The Labute approximate surface area is 111 Å². The minimum atomic E-state index is -1.52. The molecule has 5 heteroatoms. The van der Waals surface area contributed by atoms with E-state index in [2.05, 4.69) is 5.32 Å². The van der Waals surface area contributed by atoms with Crippen LogP contribution >= 0.6 is 0 Å². The van der Waals surface area contributed by atoms with Crippen LogP contribution in [0.3, 0.4) is 0 Å². The van der Waals surface area contributed by atoms with Crippen LogP contribution in [0.15, 0.2) is 48.5 Å². The van der Waals surface area contributed by atoms with Crippen LogP contribution in [0.5, 0.6) is 0 Å². The van der Waals surface area contributed by atoms with E-state index in [0.717, 1.165) is 11.3 Å².